The van der Waals surface area contributed by atoms with E-state index in [-0.39, 0.29) is 17.9 Å². The number of aliphatic hydroxyl groups excluding tert-OH is 2. The normalized spacial score (nSPS) is 38.3. The molecule has 0 amide bonds. The molecule has 26 heavy (non-hydrogen) atoms. The van der Waals surface area contributed by atoms with Crippen LogP contribution in [0.3, 0.4) is 0 Å². The van der Waals surface area contributed by atoms with Crippen molar-refractivity contribution in [1.29, 1.82) is 0 Å². The van der Waals surface area contributed by atoms with Gasteiger partial charge in [0.2, 0.25) is 0 Å². The molecule has 4 aliphatic rings. The Morgan fingerprint density at radius 3 is 2.38 bits per heavy atom. The third kappa shape index (κ3) is 2.62. The molecule has 2 saturated heterocycles. The molecule has 3 fully saturated rings. The van der Waals surface area contributed by atoms with E-state index in [0.29, 0.717) is 37.6 Å². The maximum absolute atomic E-state index is 10.4. The first-order valence-electron chi connectivity index (χ1n) is 9.06. The van der Waals surface area contributed by atoms with Gasteiger partial charge in [0.1, 0.15) is 0 Å². The summed E-state index contributed by atoms with van der Waals surface area (Å²) in [5.74, 6) is 0.0905. The van der Waals surface area contributed by atoms with E-state index in [9.17, 15) is 10.2 Å². The number of rotatable bonds is 3. The van der Waals surface area contributed by atoms with Crippen molar-refractivity contribution in [2.24, 2.45) is 11.8 Å². The first kappa shape index (κ1) is 16.5. The van der Waals surface area contributed by atoms with Crippen LogP contribution < -0.4 is 9.47 Å². The minimum Gasteiger partial charge on any atom is -0.445 e. The standard InChI is InChI=1S/C19H22O7/c20-13-10-16-12(9-17(21)24-16)11(13)5-6-19(22-7-8-23-19)18-25-14-3-1-2-4-15(14)26-18/h1-6,11-13,16-18,20-21H,7-10H2/b6-5+/t11-,12-,13-,16+,17?/m1/s1. The predicted molar refractivity (Wildman–Crippen MR) is 88.4 cm³/mol. The van der Waals surface area contributed by atoms with Crippen molar-refractivity contribution < 1.29 is 33.9 Å². The second-order valence-electron chi connectivity index (χ2n) is 7.20. The van der Waals surface area contributed by atoms with E-state index in [0.717, 1.165) is 0 Å². The zero-order valence-corrected chi connectivity index (χ0v) is 14.2. The van der Waals surface area contributed by atoms with Crippen LogP contribution in [0.2, 0.25) is 0 Å². The molecular weight excluding hydrogens is 340 g/mol. The summed E-state index contributed by atoms with van der Waals surface area (Å²) in [6.45, 7) is 0.871. The second-order valence-corrected chi connectivity index (χ2v) is 7.20. The van der Waals surface area contributed by atoms with Gasteiger partial charge in [-0.15, -0.1) is 0 Å². The molecule has 5 rings (SSSR count). The lowest BCUT2D eigenvalue weighted by Crippen LogP contribution is -2.47. The summed E-state index contributed by atoms with van der Waals surface area (Å²) in [5.41, 5.74) is 0. The van der Waals surface area contributed by atoms with E-state index in [4.69, 9.17) is 23.7 Å². The van der Waals surface area contributed by atoms with Crippen LogP contribution in [0.15, 0.2) is 36.4 Å². The average Bonchev–Trinajstić information content (AvgIpc) is 3.36. The van der Waals surface area contributed by atoms with Crippen LogP contribution in [0, 0.1) is 11.8 Å². The van der Waals surface area contributed by atoms with Gasteiger partial charge in [-0.3, -0.25) is 0 Å². The zero-order valence-electron chi connectivity index (χ0n) is 14.2. The molecule has 0 radical (unpaired) electrons. The molecule has 0 spiro atoms. The molecule has 2 N–H and O–H groups in total. The van der Waals surface area contributed by atoms with Crippen LogP contribution in [0.5, 0.6) is 11.5 Å². The van der Waals surface area contributed by atoms with Gasteiger partial charge >= 0.3 is 0 Å². The maximum Gasteiger partial charge on any atom is 0.299 e. The summed E-state index contributed by atoms with van der Waals surface area (Å²) >= 11 is 0. The second kappa shape index (κ2) is 6.21. The van der Waals surface area contributed by atoms with Gasteiger partial charge in [-0.05, 0) is 24.1 Å². The molecule has 0 bridgehead atoms. The molecule has 5 atom stereocenters. The molecule has 0 aromatic heterocycles. The fraction of sp³-hybridized carbons (Fsp3) is 0.579. The van der Waals surface area contributed by atoms with E-state index in [1.165, 1.54) is 0 Å². The van der Waals surface area contributed by atoms with Gasteiger partial charge in [0.15, 0.2) is 17.8 Å². The van der Waals surface area contributed by atoms with Crippen LogP contribution >= 0.6 is 0 Å². The maximum atomic E-state index is 10.4. The van der Waals surface area contributed by atoms with Gasteiger partial charge in [0.25, 0.3) is 12.1 Å². The number of fused-ring (bicyclic) bond motifs is 2. The van der Waals surface area contributed by atoms with Crippen molar-refractivity contribution in [3.05, 3.63) is 36.4 Å². The third-order valence-electron chi connectivity index (χ3n) is 5.63. The van der Waals surface area contributed by atoms with Crippen LogP contribution in [0.4, 0.5) is 0 Å². The number of hydrogen-bond acceptors (Lipinski definition) is 7. The average molecular weight is 362 g/mol. The Morgan fingerprint density at radius 1 is 1.00 bits per heavy atom. The molecule has 3 heterocycles. The van der Waals surface area contributed by atoms with Crippen molar-refractivity contribution >= 4 is 0 Å². The van der Waals surface area contributed by atoms with Crippen molar-refractivity contribution in [3.63, 3.8) is 0 Å². The molecule has 1 saturated carbocycles. The molecule has 1 aliphatic carbocycles. The Morgan fingerprint density at radius 2 is 1.69 bits per heavy atom. The fourth-order valence-corrected chi connectivity index (χ4v) is 4.39. The Labute approximate surface area is 151 Å². The number of ether oxygens (including phenoxy) is 5. The Bertz CT molecular complexity index is 674. The topological polar surface area (TPSA) is 86.6 Å². The molecule has 7 heteroatoms. The number of para-hydroxylation sites is 2. The van der Waals surface area contributed by atoms with Gasteiger partial charge < -0.3 is 33.9 Å². The lowest BCUT2D eigenvalue weighted by atomic mass is 9.91. The molecular formula is C19H22O7. The zero-order chi connectivity index (χ0) is 17.7. The van der Waals surface area contributed by atoms with Crippen LogP contribution in [-0.4, -0.2) is 54.0 Å². The van der Waals surface area contributed by atoms with Crippen LogP contribution in [-0.2, 0) is 14.2 Å². The van der Waals surface area contributed by atoms with E-state index in [1.54, 1.807) is 6.08 Å². The number of benzene rings is 1. The summed E-state index contributed by atoms with van der Waals surface area (Å²) in [7, 11) is 0. The van der Waals surface area contributed by atoms with E-state index >= 15 is 0 Å². The molecule has 1 aromatic carbocycles. The highest BCUT2D eigenvalue weighted by Gasteiger charge is 2.51. The Balaban J connectivity index is 1.37. The van der Waals surface area contributed by atoms with Gasteiger partial charge in [0, 0.05) is 18.8 Å². The van der Waals surface area contributed by atoms with Gasteiger partial charge in [-0.1, -0.05) is 18.2 Å². The lowest BCUT2D eigenvalue weighted by molar-refractivity contribution is -0.222. The van der Waals surface area contributed by atoms with Crippen molar-refractivity contribution in [1.82, 2.24) is 0 Å². The minimum atomic E-state index is -1.16. The number of aliphatic hydroxyl groups is 2. The summed E-state index contributed by atoms with van der Waals surface area (Å²) < 4.78 is 29.0. The quantitative estimate of drug-likeness (QED) is 0.781. The largest absolute Gasteiger partial charge is 0.445 e. The minimum absolute atomic E-state index is 0.0808. The monoisotopic (exact) mass is 362 g/mol. The smallest absolute Gasteiger partial charge is 0.299 e. The third-order valence-corrected chi connectivity index (χ3v) is 5.63. The van der Waals surface area contributed by atoms with Crippen molar-refractivity contribution in [2.75, 3.05) is 13.2 Å². The SMILES string of the molecule is OC1C[C@@H]2[C@@H](/C=C/C3(C4Oc5ccccc5O4)OCCO3)[C@H](O)C[C@@H]2O1. The summed E-state index contributed by atoms with van der Waals surface area (Å²) in [6.07, 6.45) is 2.60. The van der Waals surface area contributed by atoms with Crippen LogP contribution in [0.25, 0.3) is 0 Å². The van der Waals surface area contributed by atoms with Crippen molar-refractivity contribution in [2.45, 2.75) is 43.4 Å². The van der Waals surface area contributed by atoms with E-state index < -0.39 is 24.5 Å². The first-order chi connectivity index (χ1) is 12.6. The molecule has 3 aliphatic heterocycles. The van der Waals surface area contributed by atoms with Gasteiger partial charge in [0.05, 0.1) is 25.4 Å². The predicted octanol–water partition coefficient (Wildman–Crippen LogP) is 1.19. The van der Waals surface area contributed by atoms with Crippen LogP contribution in [0.1, 0.15) is 12.8 Å². The lowest BCUT2D eigenvalue weighted by Gasteiger charge is -2.29. The van der Waals surface area contributed by atoms with Crippen molar-refractivity contribution in [3.8, 4) is 11.5 Å². The molecule has 7 nitrogen and oxygen atoms in total. The Kier molecular flexibility index (Phi) is 3.95. The van der Waals surface area contributed by atoms with Gasteiger partial charge in [-0.2, -0.15) is 0 Å². The number of hydrogen-bond donors (Lipinski definition) is 2. The highest BCUT2D eigenvalue weighted by molar-refractivity contribution is 5.42. The molecule has 1 unspecified atom stereocenters. The first-order valence-corrected chi connectivity index (χ1v) is 9.06. The van der Waals surface area contributed by atoms with E-state index in [1.807, 2.05) is 30.3 Å². The highest BCUT2D eigenvalue weighted by atomic mass is 16.8. The van der Waals surface area contributed by atoms with E-state index in [2.05, 4.69) is 0 Å². The fourth-order valence-electron chi connectivity index (χ4n) is 4.39. The molecule has 140 valence electrons. The molecule has 1 aromatic rings. The van der Waals surface area contributed by atoms with Gasteiger partial charge in [-0.25, -0.2) is 0 Å². The summed E-state index contributed by atoms with van der Waals surface area (Å²) in [5, 5.41) is 20.1. The summed E-state index contributed by atoms with van der Waals surface area (Å²) in [6, 6.07) is 7.43. The Hall–Kier alpha value is -1.64. The highest BCUT2D eigenvalue weighted by Crippen LogP contribution is 2.45. The summed E-state index contributed by atoms with van der Waals surface area (Å²) in [4.78, 5) is 0.